The molecule has 0 aliphatic heterocycles. The Morgan fingerprint density at radius 2 is 2.12 bits per heavy atom. The summed E-state index contributed by atoms with van der Waals surface area (Å²) in [6, 6.07) is 5.35. The smallest absolute Gasteiger partial charge is 0.412 e. The number of hydrogen-bond acceptors (Lipinski definition) is 3. The molecule has 5 heteroatoms. The summed E-state index contributed by atoms with van der Waals surface area (Å²) in [4.78, 5) is 11.5. The van der Waals surface area contributed by atoms with Gasteiger partial charge < -0.3 is 4.74 Å². The first-order chi connectivity index (χ1) is 7.81. The summed E-state index contributed by atoms with van der Waals surface area (Å²) in [7, 11) is 0. The molecule has 94 valence electrons. The highest BCUT2D eigenvalue weighted by molar-refractivity contribution is 7.79. The zero-order valence-corrected chi connectivity index (χ0v) is 11.7. The van der Waals surface area contributed by atoms with Crippen LogP contribution in [0.1, 0.15) is 26.3 Å². The van der Waals surface area contributed by atoms with Crippen LogP contribution in [0.15, 0.2) is 18.2 Å². The van der Waals surface area contributed by atoms with Gasteiger partial charge in [-0.15, -0.1) is 0 Å². The normalized spacial score (nSPS) is 11.1. The number of rotatable bonds is 2. The number of anilines is 1. The Bertz CT molecular complexity index is 415. The van der Waals surface area contributed by atoms with E-state index in [1.165, 1.54) is 0 Å². The molecule has 0 unspecified atom stereocenters. The number of halogens is 1. The Kier molecular flexibility index (Phi) is 4.71. The van der Waals surface area contributed by atoms with Crippen LogP contribution in [0, 0.1) is 0 Å². The summed E-state index contributed by atoms with van der Waals surface area (Å²) in [5, 5.41) is 3.07. The maximum atomic E-state index is 11.5. The van der Waals surface area contributed by atoms with Crippen LogP contribution < -0.4 is 5.32 Å². The molecule has 0 saturated carbocycles. The number of benzene rings is 1. The summed E-state index contributed by atoms with van der Waals surface area (Å²) in [6.07, 6.45) is -0.516. The average molecular weight is 274 g/mol. The Morgan fingerprint density at radius 1 is 1.47 bits per heavy atom. The van der Waals surface area contributed by atoms with Crippen LogP contribution in [-0.4, -0.2) is 11.7 Å². The van der Waals surface area contributed by atoms with Crippen molar-refractivity contribution in [1.29, 1.82) is 0 Å². The van der Waals surface area contributed by atoms with E-state index >= 15 is 0 Å². The SMILES string of the molecule is CC(C)(C)OC(=O)Nc1ccc(CS)cc1Cl. The van der Waals surface area contributed by atoms with Crippen LogP contribution in [0.3, 0.4) is 0 Å². The lowest BCUT2D eigenvalue weighted by atomic mass is 10.2. The van der Waals surface area contributed by atoms with E-state index < -0.39 is 11.7 Å². The third-order valence-electron chi connectivity index (χ3n) is 1.85. The summed E-state index contributed by atoms with van der Waals surface area (Å²) >= 11 is 10.2. The summed E-state index contributed by atoms with van der Waals surface area (Å²) in [5.41, 5.74) is 1.00. The van der Waals surface area contributed by atoms with E-state index in [1.54, 1.807) is 32.9 Å². The molecule has 0 spiro atoms. The van der Waals surface area contributed by atoms with Gasteiger partial charge in [0.1, 0.15) is 5.60 Å². The number of amides is 1. The average Bonchev–Trinajstić information content (AvgIpc) is 2.18. The lowest BCUT2D eigenvalue weighted by Gasteiger charge is -2.20. The van der Waals surface area contributed by atoms with E-state index in [1.807, 2.05) is 6.07 Å². The number of ether oxygens (including phenoxy) is 1. The molecule has 17 heavy (non-hydrogen) atoms. The van der Waals surface area contributed by atoms with Crippen LogP contribution in [-0.2, 0) is 10.5 Å². The van der Waals surface area contributed by atoms with Gasteiger partial charge in [-0.2, -0.15) is 12.6 Å². The minimum Gasteiger partial charge on any atom is -0.444 e. The fourth-order valence-electron chi connectivity index (χ4n) is 1.17. The van der Waals surface area contributed by atoms with Gasteiger partial charge in [0.05, 0.1) is 10.7 Å². The fourth-order valence-corrected chi connectivity index (χ4v) is 1.62. The van der Waals surface area contributed by atoms with Crippen molar-refractivity contribution >= 4 is 36.0 Å². The standard InChI is InChI=1S/C12H16ClNO2S/c1-12(2,3)16-11(15)14-10-5-4-8(7-17)6-9(10)13/h4-6,17H,7H2,1-3H3,(H,14,15). The second-order valence-corrected chi connectivity index (χ2v) is 5.32. The van der Waals surface area contributed by atoms with E-state index in [4.69, 9.17) is 16.3 Å². The topological polar surface area (TPSA) is 38.3 Å². The Hall–Kier alpha value is -0.870. The molecule has 1 aromatic carbocycles. The maximum Gasteiger partial charge on any atom is 0.412 e. The second kappa shape index (κ2) is 5.65. The van der Waals surface area contributed by atoms with Gasteiger partial charge in [0, 0.05) is 5.75 Å². The van der Waals surface area contributed by atoms with Crippen LogP contribution in [0.25, 0.3) is 0 Å². The number of carbonyl (C=O) groups is 1. The first-order valence-corrected chi connectivity index (χ1v) is 6.22. The third kappa shape index (κ3) is 4.88. The zero-order chi connectivity index (χ0) is 13.1. The van der Waals surface area contributed by atoms with Crippen LogP contribution in [0.5, 0.6) is 0 Å². The van der Waals surface area contributed by atoms with Crippen LogP contribution >= 0.6 is 24.2 Å². The quantitative estimate of drug-likeness (QED) is 0.796. The van der Waals surface area contributed by atoms with Crippen molar-refractivity contribution in [3.8, 4) is 0 Å². The van der Waals surface area contributed by atoms with Gasteiger partial charge in [0.25, 0.3) is 0 Å². The van der Waals surface area contributed by atoms with Gasteiger partial charge in [0.2, 0.25) is 0 Å². The van der Waals surface area contributed by atoms with Crippen LogP contribution in [0.2, 0.25) is 5.02 Å². The summed E-state index contributed by atoms with van der Waals surface area (Å²) < 4.78 is 5.13. The number of nitrogens with one attached hydrogen (secondary N) is 1. The predicted octanol–water partition coefficient (Wildman–Crippen LogP) is 4.12. The number of thiol groups is 1. The van der Waals surface area contributed by atoms with Crippen molar-refractivity contribution in [2.45, 2.75) is 32.1 Å². The molecule has 1 rings (SSSR count). The molecular weight excluding hydrogens is 258 g/mol. The molecule has 0 radical (unpaired) electrons. The first kappa shape index (κ1) is 14.2. The van der Waals surface area contributed by atoms with Gasteiger partial charge in [0.15, 0.2) is 0 Å². The lowest BCUT2D eigenvalue weighted by molar-refractivity contribution is 0.0636. The molecule has 0 fully saturated rings. The Balaban J connectivity index is 2.72. The predicted molar refractivity (Wildman–Crippen MR) is 74.0 cm³/mol. The highest BCUT2D eigenvalue weighted by Crippen LogP contribution is 2.24. The molecule has 1 N–H and O–H groups in total. The largest absolute Gasteiger partial charge is 0.444 e. The van der Waals surface area contributed by atoms with Gasteiger partial charge in [-0.1, -0.05) is 17.7 Å². The molecule has 0 saturated heterocycles. The maximum absolute atomic E-state index is 11.5. The first-order valence-electron chi connectivity index (χ1n) is 5.21. The van der Waals surface area contributed by atoms with Gasteiger partial charge in [-0.05, 0) is 38.5 Å². The van der Waals surface area contributed by atoms with Gasteiger partial charge >= 0.3 is 6.09 Å². The monoisotopic (exact) mass is 273 g/mol. The molecule has 1 aromatic rings. The molecular formula is C12H16ClNO2S. The number of carbonyl (C=O) groups excluding carboxylic acids is 1. The van der Waals surface area contributed by atoms with Gasteiger partial charge in [-0.25, -0.2) is 4.79 Å². The van der Waals surface area contributed by atoms with E-state index in [0.717, 1.165) is 5.56 Å². The van der Waals surface area contributed by atoms with Gasteiger partial charge in [-0.3, -0.25) is 5.32 Å². The van der Waals surface area contributed by atoms with E-state index in [2.05, 4.69) is 17.9 Å². The van der Waals surface area contributed by atoms with Crippen LogP contribution in [0.4, 0.5) is 10.5 Å². The van der Waals surface area contributed by atoms with Crippen molar-refractivity contribution in [3.63, 3.8) is 0 Å². The Labute approximate surface area is 112 Å². The summed E-state index contributed by atoms with van der Waals surface area (Å²) in [6.45, 7) is 5.41. The van der Waals surface area contributed by atoms with Crippen molar-refractivity contribution in [2.24, 2.45) is 0 Å². The van der Waals surface area contributed by atoms with Crippen molar-refractivity contribution in [3.05, 3.63) is 28.8 Å². The zero-order valence-electron chi connectivity index (χ0n) is 10.1. The van der Waals surface area contributed by atoms with Crippen molar-refractivity contribution in [2.75, 3.05) is 5.32 Å². The number of hydrogen-bond donors (Lipinski definition) is 2. The highest BCUT2D eigenvalue weighted by Gasteiger charge is 2.16. The third-order valence-corrected chi connectivity index (χ3v) is 2.53. The van der Waals surface area contributed by atoms with Crippen molar-refractivity contribution in [1.82, 2.24) is 0 Å². The van der Waals surface area contributed by atoms with E-state index in [9.17, 15) is 4.79 Å². The second-order valence-electron chi connectivity index (χ2n) is 4.60. The molecule has 0 heterocycles. The van der Waals surface area contributed by atoms with E-state index in [0.29, 0.717) is 16.5 Å². The molecule has 0 aromatic heterocycles. The molecule has 0 aliphatic rings. The molecule has 0 bridgehead atoms. The summed E-state index contributed by atoms with van der Waals surface area (Å²) in [5.74, 6) is 0.604. The Morgan fingerprint density at radius 3 is 2.59 bits per heavy atom. The van der Waals surface area contributed by atoms with E-state index in [-0.39, 0.29) is 0 Å². The molecule has 3 nitrogen and oxygen atoms in total. The minimum atomic E-state index is -0.526. The minimum absolute atomic E-state index is 0.474. The highest BCUT2D eigenvalue weighted by atomic mass is 35.5. The lowest BCUT2D eigenvalue weighted by Crippen LogP contribution is -2.27. The molecule has 0 aliphatic carbocycles. The molecule has 1 amide bonds. The van der Waals surface area contributed by atoms with Crippen molar-refractivity contribution < 1.29 is 9.53 Å². The fraction of sp³-hybridized carbons (Fsp3) is 0.417. The molecule has 0 atom stereocenters.